The molecular formula is C24H35NS. The number of para-hydroxylation sites is 2. The van der Waals surface area contributed by atoms with Crippen LogP contribution in [0.1, 0.15) is 70.8 Å². The lowest BCUT2D eigenvalue weighted by Crippen LogP contribution is -2.10. The summed E-state index contributed by atoms with van der Waals surface area (Å²) in [5.41, 5.74) is 4.12. The quantitative estimate of drug-likeness (QED) is 0.259. The van der Waals surface area contributed by atoms with Crippen molar-refractivity contribution in [1.82, 2.24) is 0 Å². The Morgan fingerprint density at radius 2 is 1.35 bits per heavy atom. The summed E-state index contributed by atoms with van der Waals surface area (Å²) < 4.78 is 2.46. The van der Waals surface area contributed by atoms with Gasteiger partial charge in [0.05, 0.1) is 11.4 Å². The minimum Gasteiger partial charge on any atom is -0.284 e. The predicted molar refractivity (Wildman–Crippen MR) is 119 cm³/mol. The molecule has 0 aromatic heterocycles. The van der Waals surface area contributed by atoms with Crippen molar-refractivity contribution >= 4 is 23.3 Å². The standard InChI is InChI=1S/C24H35NS/c1-3-5-7-8-9-15-21-26-25(23-18-11-10-12-19-23)24-20-14-13-17-22(24)16-6-4-2/h10-14,17-20H,3-9,15-16,21H2,1-2H3. The van der Waals surface area contributed by atoms with Crippen LogP contribution in [-0.2, 0) is 6.42 Å². The third-order valence-electron chi connectivity index (χ3n) is 4.72. The molecule has 0 saturated carbocycles. The maximum absolute atomic E-state index is 2.46. The van der Waals surface area contributed by atoms with Gasteiger partial charge in [-0.2, -0.15) is 0 Å². The van der Waals surface area contributed by atoms with Gasteiger partial charge in [0.1, 0.15) is 0 Å². The average Bonchev–Trinajstić information content (AvgIpc) is 2.70. The number of hydrogen-bond donors (Lipinski definition) is 0. The van der Waals surface area contributed by atoms with E-state index in [-0.39, 0.29) is 0 Å². The van der Waals surface area contributed by atoms with Crippen LogP contribution < -0.4 is 4.31 Å². The van der Waals surface area contributed by atoms with Crippen molar-refractivity contribution in [2.45, 2.75) is 71.6 Å². The molecular weight excluding hydrogens is 334 g/mol. The van der Waals surface area contributed by atoms with Gasteiger partial charge in [-0.1, -0.05) is 88.8 Å². The minimum atomic E-state index is 1.16. The molecule has 2 heteroatoms. The van der Waals surface area contributed by atoms with Gasteiger partial charge in [0.25, 0.3) is 0 Å². The summed E-state index contributed by atoms with van der Waals surface area (Å²) in [7, 11) is 0. The van der Waals surface area contributed by atoms with Crippen LogP contribution in [0.15, 0.2) is 54.6 Å². The molecule has 0 N–H and O–H groups in total. The topological polar surface area (TPSA) is 3.24 Å². The second-order valence-electron chi connectivity index (χ2n) is 6.96. The lowest BCUT2D eigenvalue weighted by atomic mass is 10.1. The van der Waals surface area contributed by atoms with E-state index in [1.54, 1.807) is 0 Å². The van der Waals surface area contributed by atoms with Gasteiger partial charge in [0.2, 0.25) is 0 Å². The van der Waals surface area contributed by atoms with Crippen LogP contribution in [0.25, 0.3) is 0 Å². The van der Waals surface area contributed by atoms with Crippen LogP contribution in [-0.4, -0.2) is 5.75 Å². The summed E-state index contributed by atoms with van der Waals surface area (Å²) in [5, 5.41) is 0. The summed E-state index contributed by atoms with van der Waals surface area (Å²) in [5.74, 6) is 1.18. The highest BCUT2D eigenvalue weighted by Gasteiger charge is 2.13. The Kier molecular flexibility index (Phi) is 10.3. The molecule has 0 radical (unpaired) electrons. The number of benzene rings is 2. The Morgan fingerprint density at radius 3 is 2.12 bits per heavy atom. The van der Waals surface area contributed by atoms with Crippen LogP contribution in [0.4, 0.5) is 11.4 Å². The van der Waals surface area contributed by atoms with Gasteiger partial charge in [-0.15, -0.1) is 0 Å². The summed E-state index contributed by atoms with van der Waals surface area (Å²) in [4.78, 5) is 0. The van der Waals surface area contributed by atoms with E-state index >= 15 is 0 Å². The molecule has 142 valence electrons. The molecule has 0 bridgehead atoms. The maximum Gasteiger partial charge on any atom is 0.0557 e. The minimum absolute atomic E-state index is 1.16. The summed E-state index contributed by atoms with van der Waals surface area (Å²) >= 11 is 1.97. The molecule has 0 spiro atoms. The Bertz CT molecular complexity index is 596. The smallest absolute Gasteiger partial charge is 0.0557 e. The monoisotopic (exact) mass is 369 g/mol. The Hall–Kier alpha value is -1.41. The molecule has 26 heavy (non-hydrogen) atoms. The van der Waals surface area contributed by atoms with E-state index in [2.05, 4.69) is 72.7 Å². The van der Waals surface area contributed by atoms with Crippen molar-refractivity contribution in [1.29, 1.82) is 0 Å². The second kappa shape index (κ2) is 12.9. The fraction of sp³-hybridized carbons (Fsp3) is 0.500. The van der Waals surface area contributed by atoms with Gasteiger partial charge in [-0.25, -0.2) is 0 Å². The number of aryl methyl sites for hydroxylation is 1. The summed E-state index contributed by atoms with van der Waals surface area (Å²) in [6.07, 6.45) is 11.8. The molecule has 0 amide bonds. The Labute approximate surface area is 165 Å². The van der Waals surface area contributed by atoms with Crippen molar-refractivity contribution in [3.8, 4) is 0 Å². The van der Waals surface area contributed by atoms with Crippen molar-refractivity contribution in [3.63, 3.8) is 0 Å². The molecule has 0 unspecified atom stereocenters. The Balaban J connectivity index is 2.03. The fourth-order valence-electron chi connectivity index (χ4n) is 3.17. The predicted octanol–water partition coefficient (Wildman–Crippen LogP) is 8.18. The molecule has 0 aliphatic heterocycles. The number of nitrogens with zero attached hydrogens (tertiary/aromatic N) is 1. The second-order valence-corrected chi connectivity index (χ2v) is 7.99. The lowest BCUT2D eigenvalue weighted by Gasteiger charge is -2.26. The maximum atomic E-state index is 2.46. The zero-order valence-electron chi connectivity index (χ0n) is 16.6. The number of unbranched alkanes of at least 4 members (excludes halogenated alkanes) is 6. The molecule has 0 heterocycles. The molecule has 2 aromatic rings. The van der Waals surface area contributed by atoms with Gasteiger partial charge < -0.3 is 0 Å². The molecule has 0 aliphatic carbocycles. The number of anilines is 2. The molecule has 0 saturated heterocycles. The largest absolute Gasteiger partial charge is 0.284 e. The van der Waals surface area contributed by atoms with Crippen LogP contribution in [0, 0.1) is 0 Å². The van der Waals surface area contributed by atoms with Crippen molar-refractivity contribution in [3.05, 3.63) is 60.2 Å². The number of rotatable bonds is 13. The van der Waals surface area contributed by atoms with Crippen LogP contribution in [0.3, 0.4) is 0 Å². The molecule has 0 atom stereocenters. The van der Waals surface area contributed by atoms with Crippen LogP contribution in [0.2, 0.25) is 0 Å². The molecule has 2 rings (SSSR count). The first kappa shape index (κ1) is 20.9. The van der Waals surface area contributed by atoms with Crippen molar-refractivity contribution in [2.24, 2.45) is 0 Å². The van der Waals surface area contributed by atoms with E-state index in [1.807, 2.05) is 11.9 Å². The van der Waals surface area contributed by atoms with E-state index in [0.29, 0.717) is 0 Å². The van der Waals surface area contributed by atoms with Gasteiger partial charge in [0, 0.05) is 5.75 Å². The van der Waals surface area contributed by atoms with Crippen LogP contribution >= 0.6 is 11.9 Å². The lowest BCUT2D eigenvalue weighted by molar-refractivity contribution is 0.627. The van der Waals surface area contributed by atoms with Crippen molar-refractivity contribution in [2.75, 3.05) is 10.1 Å². The van der Waals surface area contributed by atoms with E-state index in [1.165, 1.54) is 74.1 Å². The summed E-state index contributed by atoms with van der Waals surface area (Å²) in [6, 6.07) is 19.8. The van der Waals surface area contributed by atoms with Gasteiger partial charge in [-0.3, -0.25) is 4.31 Å². The highest BCUT2D eigenvalue weighted by atomic mass is 32.2. The van der Waals surface area contributed by atoms with Crippen LogP contribution in [0.5, 0.6) is 0 Å². The normalized spacial score (nSPS) is 10.8. The molecule has 0 aliphatic rings. The third kappa shape index (κ3) is 7.07. The zero-order chi connectivity index (χ0) is 18.5. The average molecular weight is 370 g/mol. The van der Waals surface area contributed by atoms with Gasteiger partial charge in [0.15, 0.2) is 0 Å². The van der Waals surface area contributed by atoms with Gasteiger partial charge in [-0.05, 0) is 55.0 Å². The van der Waals surface area contributed by atoms with E-state index in [4.69, 9.17) is 0 Å². The van der Waals surface area contributed by atoms with E-state index in [0.717, 1.165) is 6.42 Å². The molecule has 0 fully saturated rings. The van der Waals surface area contributed by atoms with E-state index < -0.39 is 0 Å². The van der Waals surface area contributed by atoms with Gasteiger partial charge >= 0.3 is 0 Å². The van der Waals surface area contributed by atoms with E-state index in [9.17, 15) is 0 Å². The third-order valence-corrected chi connectivity index (χ3v) is 5.86. The SMILES string of the molecule is CCCCCCCCSN(c1ccccc1)c1ccccc1CCCC. The molecule has 1 nitrogen and oxygen atoms in total. The summed E-state index contributed by atoms with van der Waals surface area (Å²) in [6.45, 7) is 4.55. The Morgan fingerprint density at radius 1 is 0.692 bits per heavy atom. The first-order valence-corrected chi connectivity index (χ1v) is 11.4. The number of hydrogen-bond acceptors (Lipinski definition) is 2. The van der Waals surface area contributed by atoms with Crippen molar-refractivity contribution < 1.29 is 0 Å². The first-order valence-electron chi connectivity index (χ1n) is 10.4. The highest BCUT2D eigenvalue weighted by Crippen LogP contribution is 2.35. The highest BCUT2D eigenvalue weighted by molar-refractivity contribution is 8.00. The first-order chi connectivity index (χ1) is 12.9. The fourth-order valence-corrected chi connectivity index (χ4v) is 4.28. The molecule has 2 aromatic carbocycles. The zero-order valence-corrected chi connectivity index (χ0v) is 17.4.